The van der Waals surface area contributed by atoms with Crippen LogP contribution < -0.4 is 0 Å². The zero-order chi connectivity index (χ0) is 28.1. The average molecular weight is 583 g/mol. The molecule has 0 aliphatic rings. The van der Waals surface area contributed by atoms with Crippen LogP contribution in [0, 0.1) is 0 Å². The number of imidazole rings is 1. The fourth-order valence-electron chi connectivity index (χ4n) is 6.74. The third kappa shape index (κ3) is 3.36. The van der Waals surface area contributed by atoms with Gasteiger partial charge in [0.2, 0.25) is 0 Å². The molecule has 0 radical (unpaired) electrons. The van der Waals surface area contributed by atoms with Crippen molar-refractivity contribution < 1.29 is 0 Å². The van der Waals surface area contributed by atoms with Gasteiger partial charge in [-0.2, -0.15) is 0 Å². The van der Waals surface area contributed by atoms with Gasteiger partial charge in [-0.05, 0) is 63.9 Å². The molecule has 0 saturated heterocycles. The van der Waals surface area contributed by atoms with Crippen molar-refractivity contribution in [1.82, 2.24) is 9.38 Å². The van der Waals surface area contributed by atoms with Gasteiger partial charge >= 0.3 is 0 Å². The first-order valence-corrected chi connectivity index (χ1v) is 16.1. The van der Waals surface area contributed by atoms with Gasteiger partial charge in [0.15, 0.2) is 5.65 Å². The summed E-state index contributed by atoms with van der Waals surface area (Å²) in [6.45, 7) is 0. The van der Waals surface area contributed by atoms with Gasteiger partial charge in [0.1, 0.15) is 0 Å². The highest BCUT2D eigenvalue weighted by Gasteiger charge is 2.18. The van der Waals surface area contributed by atoms with Gasteiger partial charge in [-0.25, -0.2) is 4.98 Å². The number of pyridine rings is 1. The van der Waals surface area contributed by atoms with Gasteiger partial charge in [0.25, 0.3) is 0 Å². The number of aromatic nitrogens is 2. The van der Waals surface area contributed by atoms with E-state index in [2.05, 4.69) is 138 Å². The van der Waals surface area contributed by atoms with Crippen LogP contribution in [0.25, 0.3) is 90.2 Å². The largest absolute Gasteiger partial charge is 0.291 e. The molecule has 6 aromatic carbocycles. The molecule has 0 amide bonds. The molecule has 0 N–H and O–H groups in total. The molecule has 4 heteroatoms. The third-order valence-electron chi connectivity index (χ3n) is 8.78. The van der Waals surface area contributed by atoms with E-state index in [0.717, 1.165) is 22.4 Å². The monoisotopic (exact) mass is 582 g/mol. The van der Waals surface area contributed by atoms with E-state index in [4.69, 9.17) is 4.98 Å². The van der Waals surface area contributed by atoms with Crippen molar-refractivity contribution in [2.24, 2.45) is 0 Å². The van der Waals surface area contributed by atoms with E-state index in [1.54, 1.807) is 0 Å². The summed E-state index contributed by atoms with van der Waals surface area (Å²) in [5.41, 5.74) is 8.05. The lowest BCUT2D eigenvalue weighted by atomic mass is 10.00. The van der Waals surface area contributed by atoms with E-state index in [9.17, 15) is 0 Å². The minimum absolute atomic E-state index is 1.02. The molecule has 10 aromatic rings. The van der Waals surface area contributed by atoms with Crippen molar-refractivity contribution in [3.05, 3.63) is 133 Å². The minimum atomic E-state index is 1.02. The zero-order valence-corrected chi connectivity index (χ0v) is 24.5. The molecular formula is C39H22N2S2. The summed E-state index contributed by atoms with van der Waals surface area (Å²) >= 11 is 3.73. The molecular weight excluding hydrogens is 561 g/mol. The first-order chi connectivity index (χ1) is 21.3. The molecule has 2 nitrogen and oxygen atoms in total. The quantitative estimate of drug-likeness (QED) is 0.198. The maximum atomic E-state index is 5.19. The van der Waals surface area contributed by atoms with Crippen LogP contribution in [0.2, 0.25) is 0 Å². The molecule has 0 spiro atoms. The summed E-state index contributed by atoms with van der Waals surface area (Å²) < 4.78 is 7.57. The number of para-hydroxylation sites is 2. The molecule has 0 bridgehead atoms. The fourth-order valence-corrected chi connectivity index (χ4v) is 9.17. The van der Waals surface area contributed by atoms with E-state index < -0.39 is 0 Å². The Morgan fingerprint density at radius 3 is 2.12 bits per heavy atom. The van der Waals surface area contributed by atoms with Crippen molar-refractivity contribution in [1.29, 1.82) is 0 Å². The first kappa shape index (κ1) is 23.5. The predicted molar refractivity (Wildman–Crippen MR) is 187 cm³/mol. The number of hydrogen-bond donors (Lipinski definition) is 0. The molecule has 0 unspecified atom stereocenters. The van der Waals surface area contributed by atoms with Gasteiger partial charge in [-0.3, -0.25) is 4.40 Å². The molecule has 4 aromatic heterocycles. The van der Waals surface area contributed by atoms with Gasteiger partial charge < -0.3 is 0 Å². The molecule has 0 aliphatic heterocycles. The standard InChI is InChI=1S/C39H22N2S2/c1-2-9-26-21-36-30(20-25(26)8-1)31-22-34(41-33-14-5-4-13-32(33)40-39(41)38(31)43-36)24-18-16-23(17-19-24)27-11-7-12-29-28-10-3-6-15-35(28)42-37(27)29/h1-22H. The van der Waals surface area contributed by atoms with Gasteiger partial charge in [-0.1, -0.05) is 97.1 Å². The van der Waals surface area contributed by atoms with E-state index >= 15 is 0 Å². The van der Waals surface area contributed by atoms with Crippen LogP contribution in [0.4, 0.5) is 0 Å². The Bertz CT molecular complexity index is 2720. The average Bonchev–Trinajstić information content (AvgIpc) is 3.74. The number of thiophene rings is 2. The molecule has 200 valence electrons. The highest BCUT2D eigenvalue weighted by Crippen LogP contribution is 2.43. The van der Waals surface area contributed by atoms with Crippen LogP contribution in [0.15, 0.2) is 133 Å². The van der Waals surface area contributed by atoms with Gasteiger partial charge in [-0.15, -0.1) is 22.7 Å². The molecule has 0 aliphatic carbocycles. The molecule has 0 fully saturated rings. The molecule has 4 heterocycles. The first-order valence-electron chi connectivity index (χ1n) is 14.5. The predicted octanol–water partition coefficient (Wildman–Crippen LogP) is 11.7. The second kappa shape index (κ2) is 8.74. The SMILES string of the molecule is c1ccc2cc3c(cc2c1)sc1c3cc(-c2ccc(-c3cccc4c3sc3ccccc34)cc2)n2c3ccccc3nc12. The lowest BCUT2D eigenvalue weighted by molar-refractivity contribution is 1.25. The van der Waals surface area contributed by atoms with E-state index in [1.165, 1.54) is 67.8 Å². The molecule has 0 saturated carbocycles. The summed E-state index contributed by atoms with van der Waals surface area (Å²) in [7, 11) is 0. The van der Waals surface area contributed by atoms with E-state index in [0.29, 0.717) is 0 Å². The normalized spacial score (nSPS) is 12.2. The summed E-state index contributed by atoms with van der Waals surface area (Å²) in [5.74, 6) is 0. The van der Waals surface area contributed by atoms with Crippen molar-refractivity contribution in [3.8, 4) is 22.4 Å². The zero-order valence-electron chi connectivity index (χ0n) is 22.9. The molecule has 10 rings (SSSR count). The lowest BCUT2D eigenvalue weighted by Gasteiger charge is -2.10. The number of nitrogens with zero attached hydrogens (tertiary/aromatic N) is 2. The third-order valence-corrected chi connectivity index (χ3v) is 11.2. The molecule has 43 heavy (non-hydrogen) atoms. The Balaban J connectivity index is 1.22. The highest BCUT2D eigenvalue weighted by molar-refractivity contribution is 7.27. The Kier molecular flexibility index (Phi) is 4.78. The van der Waals surface area contributed by atoms with Crippen LogP contribution >= 0.6 is 22.7 Å². The summed E-state index contributed by atoms with van der Waals surface area (Å²) in [6, 6.07) is 48.7. The Labute approximate surface area is 254 Å². The van der Waals surface area contributed by atoms with E-state index in [1.807, 2.05) is 22.7 Å². The number of hydrogen-bond acceptors (Lipinski definition) is 3. The van der Waals surface area contributed by atoms with Crippen LogP contribution in [-0.4, -0.2) is 9.38 Å². The Morgan fingerprint density at radius 1 is 0.488 bits per heavy atom. The van der Waals surface area contributed by atoms with Crippen molar-refractivity contribution in [3.63, 3.8) is 0 Å². The van der Waals surface area contributed by atoms with Crippen LogP contribution in [0.1, 0.15) is 0 Å². The summed E-state index contributed by atoms with van der Waals surface area (Å²) in [4.78, 5) is 5.19. The molecule has 0 atom stereocenters. The van der Waals surface area contributed by atoms with Gasteiger partial charge in [0, 0.05) is 35.6 Å². The minimum Gasteiger partial charge on any atom is -0.291 e. The van der Waals surface area contributed by atoms with Crippen LogP contribution in [0.5, 0.6) is 0 Å². The van der Waals surface area contributed by atoms with Crippen molar-refractivity contribution in [2.45, 2.75) is 0 Å². The Hall–Kier alpha value is -5.03. The van der Waals surface area contributed by atoms with Crippen molar-refractivity contribution in [2.75, 3.05) is 0 Å². The maximum absolute atomic E-state index is 5.19. The fraction of sp³-hybridized carbons (Fsp3) is 0. The summed E-state index contributed by atoms with van der Waals surface area (Å²) in [5, 5.41) is 7.76. The van der Waals surface area contributed by atoms with Crippen LogP contribution in [-0.2, 0) is 0 Å². The highest BCUT2D eigenvalue weighted by atomic mass is 32.1. The number of benzene rings is 6. The van der Waals surface area contributed by atoms with E-state index in [-0.39, 0.29) is 0 Å². The number of fused-ring (bicyclic) bond motifs is 11. The van der Waals surface area contributed by atoms with Crippen LogP contribution in [0.3, 0.4) is 0 Å². The maximum Gasteiger partial charge on any atom is 0.156 e. The topological polar surface area (TPSA) is 17.3 Å². The lowest BCUT2D eigenvalue weighted by Crippen LogP contribution is -1.93. The smallest absolute Gasteiger partial charge is 0.156 e. The van der Waals surface area contributed by atoms with Crippen molar-refractivity contribution >= 4 is 90.5 Å². The summed E-state index contributed by atoms with van der Waals surface area (Å²) in [6.07, 6.45) is 0. The number of rotatable bonds is 2. The Morgan fingerprint density at radius 2 is 1.21 bits per heavy atom. The second-order valence-electron chi connectivity index (χ2n) is 11.2. The second-order valence-corrected chi connectivity index (χ2v) is 13.3. The van der Waals surface area contributed by atoms with Gasteiger partial charge in [0.05, 0.1) is 21.4 Å².